The van der Waals surface area contributed by atoms with Crippen LogP contribution in [0.1, 0.15) is 77.3 Å². The maximum absolute atomic E-state index is 10.6. The van der Waals surface area contributed by atoms with E-state index in [0.29, 0.717) is 23.8 Å². The highest BCUT2D eigenvalue weighted by Crippen LogP contribution is 2.67. The van der Waals surface area contributed by atoms with Crippen molar-refractivity contribution in [1.82, 2.24) is 9.80 Å². The lowest BCUT2D eigenvalue weighted by Gasteiger charge is -2.61. The molecule has 1 heterocycles. The van der Waals surface area contributed by atoms with Crippen molar-refractivity contribution in [3.8, 4) is 5.75 Å². The number of aromatic hydroxyl groups is 1. The van der Waals surface area contributed by atoms with E-state index in [9.17, 15) is 5.11 Å². The highest BCUT2D eigenvalue weighted by molar-refractivity contribution is 5.45. The second-order valence-electron chi connectivity index (χ2n) is 10.9. The number of phenols is 1. The van der Waals surface area contributed by atoms with Crippen LogP contribution >= 0.6 is 0 Å². The van der Waals surface area contributed by atoms with E-state index in [0.717, 1.165) is 12.3 Å². The van der Waals surface area contributed by atoms with Crippen molar-refractivity contribution >= 4 is 0 Å². The van der Waals surface area contributed by atoms with Crippen LogP contribution in [0.2, 0.25) is 0 Å². The molecule has 0 spiro atoms. The van der Waals surface area contributed by atoms with E-state index in [1.807, 2.05) is 6.07 Å². The number of hydrogen-bond donors (Lipinski definition) is 1. The summed E-state index contributed by atoms with van der Waals surface area (Å²) in [5, 5.41) is 10.6. The van der Waals surface area contributed by atoms with Gasteiger partial charge in [0.25, 0.3) is 0 Å². The number of rotatable bonds is 7. The molecule has 0 amide bonds. The van der Waals surface area contributed by atoms with Crippen LogP contribution < -0.4 is 0 Å². The predicted octanol–water partition coefficient (Wildman–Crippen LogP) is 5.45. The Balaban J connectivity index is 1.88. The third kappa shape index (κ3) is 3.23. The van der Waals surface area contributed by atoms with Gasteiger partial charge in [-0.1, -0.05) is 19.9 Å². The molecule has 4 rings (SSSR count). The van der Waals surface area contributed by atoms with Crippen LogP contribution in [0.25, 0.3) is 0 Å². The van der Waals surface area contributed by atoms with Crippen molar-refractivity contribution in [3.05, 3.63) is 29.3 Å². The molecule has 5 atom stereocenters. The van der Waals surface area contributed by atoms with Gasteiger partial charge in [-0.15, -0.1) is 0 Å². The van der Waals surface area contributed by atoms with E-state index in [2.05, 4.69) is 63.7 Å². The van der Waals surface area contributed by atoms with Crippen molar-refractivity contribution in [1.29, 1.82) is 0 Å². The molecule has 3 nitrogen and oxygen atoms in total. The molecule has 3 heteroatoms. The van der Waals surface area contributed by atoms with Crippen molar-refractivity contribution in [2.45, 2.75) is 90.1 Å². The number of aryl methyl sites for hydroxylation is 1. The predicted molar refractivity (Wildman–Crippen MR) is 126 cm³/mol. The molecular formula is C27H44N2O. The van der Waals surface area contributed by atoms with Gasteiger partial charge in [-0.3, -0.25) is 4.90 Å². The maximum Gasteiger partial charge on any atom is 0.115 e. The molecule has 3 fully saturated rings. The van der Waals surface area contributed by atoms with Gasteiger partial charge in [0.2, 0.25) is 0 Å². The first-order chi connectivity index (χ1) is 14.3. The first kappa shape index (κ1) is 22.1. The zero-order valence-electron chi connectivity index (χ0n) is 20.2. The molecule has 1 N–H and O–H groups in total. The van der Waals surface area contributed by atoms with E-state index in [1.54, 1.807) is 0 Å². The van der Waals surface area contributed by atoms with Gasteiger partial charge in [0, 0.05) is 24.0 Å². The Morgan fingerprint density at radius 3 is 2.50 bits per heavy atom. The topological polar surface area (TPSA) is 26.7 Å². The number of hydrogen-bond acceptors (Lipinski definition) is 3. The molecule has 1 aliphatic heterocycles. The summed E-state index contributed by atoms with van der Waals surface area (Å²) >= 11 is 0. The van der Waals surface area contributed by atoms with Crippen molar-refractivity contribution in [3.63, 3.8) is 0 Å². The second-order valence-corrected chi connectivity index (χ2v) is 10.9. The van der Waals surface area contributed by atoms with E-state index < -0.39 is 0 Å². The quantitative estimate of drug-likeness (QED) is 0.645. The second kappa shape index (κ2) is 8.13. The molecule has 0 aromatic heterocycles. The number of fused-ring (bicyclic) bond motifs is 1. The van der Waals surface area contributed by atoms with Gasteiger partial charge in [-0.05, 0) is 120 Å². The molecule has 2 aliphatic carbocycles. The van der Waals surface area contributed by atoms with Crippen LogP contribution in [0.5, 0.6) is 5.75 Å². The fourth-order valence-corrected chi connectivity index (χ4v) is 7.70. The lowest BCUT2D eigenvalue weighted by atomic mass is 9.50. The van der Waals surface area contributed by atoms with E-state index in [1.165, 1.54) is 62.7 Å². The van der Waals surface area contributed by atoms with Gasteiger partial charge in [0.1, 0.15) is 5.75 Å². The van der Waals surface area contributed by atoms with Crippen LogP contribution in [0.3, 0.4) is 0 Å². The normalized spacial score (nSPS) is 35.6. The summed E-state index contributed by atoms with van der Waals surface area (Å²) in [4.78, 5) is 5.28. The monoisotopic (exact) mass is 412 g/mol. The average molecular weight is 413 g/mol. The minimum Gasteiger partial charge on any atom is -0.508 e. The fourth-order valence-electron chi connectivity index (χ4n) is 7.70. The summed E-state index contributed by atoms with van der Waals surface area (Å²) in [6.07, 6.45) is 8.98. The molecule has 1 saturated heterocycles. The Kier molecular flexibility index (Phi) is 6.00. The molecule has 168 valence electrons. The summed E-state index contributed by atoms with van der Waals surface area (Å²) in [6.45, 7) is 12.2. The summed E-state index contributed by atoms with van der Waals surface area (Å²) in [5.41, 5.74) is 3.36. The first-order valence-corrected chi connectivity index (χ1v) is 12.5. The van der Waals surface area contributed by atoms with E-state index in [-0.39, 0.29) is 10.8 Å². The molecule has 5 unspecified atom stereocenters. The van der Waals surface area contributed by atoms with E-state index in [4.69, 9.17) is 0 Å². The molecule has 2 saturated carbocycles. The van der Waals surface area contributed by atoms with Gasteiger partial charge in [-0.2, -0.15) is 0 Å². The van der Waals surface area contributed by atoms with E-state index >= 15 is 0 Å². The summed E-state index contributed by atoms with van der Waals surface area (Å²) in [7, 11) is 4.50. The molecule has 0 bridgehead atoms. The van der Waals surface area contributed by atoms with Crippen LogP contribution in [0, 0.1) is 17.3 Å². The lowest BCUT2D eigenvalue weighted by molar-refractivity contribution is -0.0596. The minimum absolute atomic E-state index is 0.148. The smallest absolute Gasteiger partial charge is 0.115 e. The molecule has 0 radical (unpaired) electrons. The van der Waals surface area contributed by atoms with Gasteiger partial charge in [-0.25, -0.2) is 0 Å². The van der Waals surface area contributed by atoms with Crippen LogP contribution in [-0.2, 0) is 11.8 Å². The Morgan fingerprint density at radius 1 is 1.17 bits per heavy atom. The third-order valence-electron chi connectivity index (χ3n) is 9.74. The van der Waals surface area contributed by atoms with Crippen LogP contribution in [0.4, 0.5) is 0 Å². The Morgan fingerprint density at radius 2 is 1.90 bits per heavy atom. The zero-order chi connectivity index (χ0) is 21.7. The number of benzene rings is 1. The maximum atomic E-state index is 10.6. The molecule has 1 aromatic rings. The fraction of sp³-hybridized carbons (Fsp3) is 0.778. The number of nitrogens with zero attached hydrogens (tertiary/aromatic N) is 2. The van der Waals surface area contributed by atoms with Crippen LogP contribution in [-0.4, -0.2) is 54.2 Å². The highest BCUT2D eigenvalue weighted by Gasteiger charge is 2.65. The first-order valence-electron chi connectivity index (χ1n) is 12.5. The number of phenolic OH excluding ortho intramolecular Hbond substituents is 1. The largest absolute Gasteiger partial charge is 0.508 e. The Labute approximate surface area is 184 Å². The number of likely N-dealkylation sites (tertiary alicyclic amines) is 1. The average Bonchev–Trinajstić information content (AvgIpc) is 3.48. The minimum atomic E-state index is 0.148. The SMILES string of the molecule is CCc1ccc(O)cc1C12CCN(CC3CC3)C(C)C1(CC)CCC2C(C)N(C)C. The molecule has 3 aliphatic rings. The van der Waals surface area contributed by atoms with Crippen molar-refractivity contribution in [2.24, 2.45) is 17.3 Å². The Bertz CT molecular complexity index is 757. The highest BCUT2D eigenvalue weighted by atomic mass is 16.3. The zero-order valence-corrected chi connectivity index (χ0v) is 20.2. The lowest BCUT2D eigenvalue weighted by Crippen LogP contribution is -2.64. The Hall–Kier alpha value is -1.06. The molecule has 1 aromatic carbocycles. The van der Waals surface area contributed by atoms with Gasteiger partial charge in [0.15, 0.2) is 0 Å². The summed E-state index contributed by atoms with van der Waals surface area (Å²) in [5.74, 6) is 2.02. The van der Waals surface area contributed by atoms with Crippen molar-refractivity contribution in [2.75, 3.05) is 27.2 Å². The summed E-state index contributed by atoms with van der Waals surface area (Å²) in [6, 6.07) is 7.40. The standard InChI is InChI=1S/C27H44N2O/c1-7-22-11-12-23(30)17-25(22)27-15-16-29(18-21-9-10-21)20(4)26(27,8-2)14-13-24(27)19(3)28(5)6/h11-12,17,19-21,24,30H,7-10,13-16,18H2,1-6H3. The molecule has 30 heavy (non-hydrogen) atoms. The molecular weight excluding hydrogens is 368 g/mol. The van der Waals surface area contributed by atoms with Gasteiger partial charge >= 0.3 is 0 Å². The van der Waals surface area contributed by atoms with Crippen molar-refractivity contribution < 1.29 is 5.11 Å². The third-order valence-corrected chi connectivity index (χ3v) is 9.74. The van der Waals surface area contributed by atoms with Gasteiger partial charge < -0.3 is 10.0 Å². The van der Waals surface area contributed by atoms with Gasteiger partial charge in [0.05, 0.1) is 0 Å². The summed E-state index contributed by atoms with van der Waals surface area (Å²) < 4.78 is 0. The van der Waals surface area contributed by atoms with Crippen LogP contribution in [0.15, 0.2) is 18.2 Å². The number of piperidine rings is 1.